The van der Waals surface area contributed by atoms with Gasteiger partial charge in [-0.05, 0) is 49.8 Å². The lowest BCUT2D eigenvalue weighted by Crippen LogP contribution is -2.43. The average Bonchev–Trinajstić information content (AvgIpc) is 3.50. The van der Waals surface area contributed by atoms with Gasteiger partial charge < -0.3 is 35.6 Å². The Labute approximate surface area is 214 Å². The van der Waals surface area contributed by atoms with Crippen molar-refractivity contribution in [2.75, 3.05) is 51.6 Å². The van der Waals surface area contributed by atoms with Gasteiger partial charge in [0.15, 0.2) is 11.5 Å². The molecule has 4 rings (SSSR count). The molecular weight excluding hydrogens is 480 g/mol. The van der Waals surface area contributed by atoms with E-state index in [0.29, 0.717) is 44.0 Å². The number of fused-ring (bicyclic) bond motifs is 1. The summed E-state index contributed by atoms with van der Waals surface area (Å²) >= 11 is 1.41. The number of thiophene rings is 1. The van der Waals surface area contributed by atoms with E-state index in [1.54, 1.807) is 34.0 Å². The molecule has 1 aromatic carbocycles. The number of hydrogen-bond acceptors (Lipinski definition) is 8. The number of benzene rings is 1. The molecule has 1 aliphatic rings. The minimum atomic E-state index is -0.336. The number of nitrogens with one attached hydrogen (secondary N) is 2. The molecule has 3 heterocycles. The van der Waals surface area contributed by atoms with Gasteiger partial charge in [0.25, 0.3) is 5.91 Å². The molecule has 0 bridgehead atoms. The largest absolute Gasteiger partial charge is 0.454 e. The number of aromatic nitrogens is 1. The van der Waals surface area contributed by atoms with Crippen molar-refractivity contribution in [3.05, 3.63) is 64.1 Å². The molecule has 0 fully saturated rings. The minimum Gasteiger partial charge on any atom is -0.454 e. The van der Waals surface area contributed by atoms with Crippen molar-refractivity contribution < 1.29 is 19.1 Å². The van der Waals surface area contributed by atoms with Crippen molar-refractivity contribution in [1.82, 2.24) is 20.1 Å². The summed E-state index contributed by atoms with van der Waals surface area (Å²) in [4.78, 5) is 33.5. The van der Waals surface area contributed by atoms with E-state index in [1.807, 2.05) is 37.2 Å². The third-order valence-electron chi connectivity index (χ3n) is 5.60. The van der Waals surface area contributed by atoms with Gasteiger partial charge in [-0.3, -0.25) is 9.78 Å². The Bertz CT molecular complexity index is 1200. The second kappa shape index (κ2) is 11.7. The van der Waals surface area contributed by atoms with E-state index in [2.05, 4.69) is 15.6 Å². The molecule has 0 radical (unpaired) electrons. The number of carbonyl (C=O) groups excluding carboxylic acids is 2. The lowest BCUT2D eigenvalue weighted by molar-refractivity contribution is 0.102. The molecule has 3 aromatic rings. The summed E-state index contributed by atoms with van der Waals surface area (Å²) < 4.78 is 10.8. The Morgan fingerprint density at radius 3 is 2.61 bits per heavy atom. The zero-order valence-corrected chi connectivity index (χ0v) is 21.1. The fraction of sp³-hybridized carbons (Fsp3) is 0.320. The van der Waals surface area contributed by atoms with Crippen LogP contribution in [-0.4, -0.2) is 67.2 Å². The number of amides is 3. The van der Waals surface area contributed by atoms with E-state index in [1.165, 1.54) is 11.3 Å². The van der Waals surface area contributed by atoms with Crippen LogP contribution in [0.3, 0.4) is 0 Å². The van der Waals surface area contributed by atoms with Crippen LogP contribution in [0.1, 0.15) is 21.6 Å². The minimum absolute atomic E-state index is 0.160. The standard InChI is InChI=1S/C25H30N6O4S/c1-30(2)9-10-31(25(33)27-8-7-17-4-6-22-23(11-17)35-16-34-22)13-18-3-5-20(28-12-18)24(32)29-21-15-36-14-19(21)26/h3-6,11-12,14-15H,7-10,13,16,26H2,1-2H3,(H,27,33)(H,29,32). The van der Waals surface area contributed by atoms with Crippen LogP contribution < -0.4 is 25.8 Å². The van der Waals surface area contributed by atoms with E-state index in [-0.39, 0.29) is 24.4 Å². The number of rotatable bonds is 10. The topological polar surface area (TPSA) is 122 Å². The number of nitrogens with two attached hydrogens (primary N) is 1. The summed E-state index contributed by atoms with van der Waals surface area (Å²) in [6, 6.07) is 9.09. The molecule has 190 valence electrons. The highest BCUT2D eigenvalue weighted by molar-refractivity contribution is 7.09. The van der Waals surface area contributed by atoms with Crippen molar-refractivity contribution in [2.24, 2.45) is 0 Å². The molecule has 0 saturated heterocycles. The van der Waals surface area contributed by atoms with E-state index < -0.39 is 0 Å². The number of hydrogen-bond donors (Lipinski definition) is 3. The second-order valence-electron chi connectivity index (χ2n) is 8.64. The zero-order chi connectivity index (χ0) is 25.5. The first-order valence-electron chi connectivity index (χ1n) is 11.5. The first-order valence-corrected chi connectivity index (χ1v) is 12.5. The maximum atomic E-state index is 13.0. The summed E-state index contributed by atoms with van der Waals surface area (Å²) in [7, 11) is 3.93. The van der Waals surface area contributed by atoms with Gasteiger partial charge in [0.1, 0.15) is 5.69 Å². The molecule has 36 heavy (non-hydrogen) atoms. The van der Waals surface area contributed by atoms with E-state index in [0.717, 1.165) is 22.6 Å². The fourth-order valence-corrected chi connectivity index (χ4v) is 4.24. The van der Waals surface area contributed by atoms with E-state index >= 15 is 0 Å². The number of ether oxygens (including phenoxy) is 2. The van der Waals surface area contributed by atoms with Crippen LogP contribution in [0.4, 0.5) is 16.2 Å². The van der Waals surface area contributed by atoms with Crippen molar-refractivity contribution in [3.8, 4) is 11.5 Å². The van der Waals surface area contributed by atoms with Gasteiger partial charge in [0.05, 0.1) is 11.4 Å². The molecule has 0 spiro atoms. The SMILES string of the molecule is CN(C)CCN(Cc1ccc(C(=O)Nc2cscc2N)nc1)C(=O)NCCc1ccc2c(c1)OCO2. The van der Waals surface area contributed by atoms with Gasteiger partial charge in [0.2, 0.25) is 6.79 Å². The summed E-state index contributed by atoms with van der Waals surface area (Å²) in [5.41, 5.74) is 9.08. The number of urea groups is 1. The van der Waals surface area contributed by atoms with Gasteiger partial charge in [0, 0.05) is 43.1 Å². The third kappa shape index (κ3) is 6.64. The quantitative estimate of drug-likeness (QED) is 0.383. The number of anilines is 2. The van der Waals surface area contributed by atoms with Crippen LogP contribution in [0.2, 0.25) is 0 Å². The number of pyridine rings is 1. The lowest BCUT2D eigenvalue weighted by atomic mass is 10.1. The molecule has 10 nitrogen and oxygen atoms in total. The predicted octanol–water partition coefficient (Wildman–Crippen LogP) is 3.02. The first-order chi connectivity index (χ1) is 17.4. The highest BCUT2D eigenvalue weighted by Crippen LogP contribution is 2.32. The smallest absolute Gasteiger partial charge is 0.317 e. The fourth-order valence-electron chi connectivity index (χ4n) is 3.56. The Morgan fingerprint density at radius 2 is 1.89 bits per heavy atom. The number of nitrogens with zero attached hydrogens (tertiary/aromatic N) is 3. The Hall–Kier alpha value is -3.83. The van der Waals surface area contributed by atoms with E-state index in [9.17, 15) is 9.59 Å². The zero-order valence-electron chi connectivity index (χ0n) is 20.3. The molecule has 4 N–H and O–H groups in total. The third-order valence-corrected chi connectivity index (χ3v) is 6.36. The van der Waals surface area contributed by atoms with Crippen LogP contribution in [0.25, 0.3) is 0 Å². The van der Waals surface area contributed by atoms with Crippen LogP contribution in [0.5, 0.6) is 11.5 Å². The summed E-state index contributed by atoms with van der Waals surface area (Å²) in [5.74, 6) is 1.14. The average molecular weight is 511 g/mol. The van der Waals surface area contributed by atoms with Crippen LogP contribution in [-0.2, 0) is 13.0 Å². The number of carbonyl (C=O) groups is 2. The lowest BCUT2D eigenvalue weighted by Gasteiger charge is -2.25. The van der Waals surface area contributed by atoms with Gasteiger partial charge in [-0.1, -0.05) is 12.1 Å². The van der Waals surface area contributed by atoms with Crippen molar-refractivity contribution in [3.63, 3.8) is 0 Å². The molecular formula is C25H30N6O4S. The Kier molecular flexibility index (Phi) is 8.24. The molecule has 11 heteroatoms. The highest BCUT2D eigenvalue weighted by atomic mass is 32.1. The maximum Gasteiger partial charge on any atom is 0.317 e. The molecule has 0 atom stereocenters. The second-order valence-corrected chi connectivity index (χ2v) is 9.38. The van der Waals surface area contributed by atoms with E-state index in [4.69, 9.17) is 15.2 Å². The van der Waals surface area contributed by atoms with Crippen molar-refractivity contribution in [1.29, 1.82) is 0 Å². The van der Waals surface area contributed by atoms with Gasteiger partial charge in [-0.25, -0.2) is 4.79 Å². The predicted molar refractivity (Wildman–Crippen MR) is 140 cm³/mol. The molecule has 0 aliphatic carbocycles. The van der Waals surface area contributed by atoms with Crippen molar-refractivity contribution >= 4 is 34.6 Å². The van der Waals surface area contributed by atoms with Crippen LogP contribution in [0.15, 0.2) is 47.3 Å². The number of likely N-dealkylation sites (N-methyl/N-ethyl adjacent to an activating group) is 1. The highest BCUT2D eigenvalue weighted by Gasteiger charge is 2.17. The molecule has 0 unspecified atom stereocenters. The monoisotopic (exact) mass is 510 g/mol. The van der Waals surface area contributed by atoms with Crippen LogP contribution in [0, 0.1) is 0 Å². The first kappa shape index (κ1) is 25.3. The summed E-state index contributed by atoms with van der Waals surface area (Å²) in [5, 5.41) is 9.29. The number of nitrogen functional groups attached to an aromatic ring is 1. The molecule has 0 saturated carbocycles. The Balaban J connectivity index is 1.33. The van der Waals surface area contributed by atoms with Gasteiger partial charge in [-0.2, -0.15) is 0 Å². The molecule has 2 aromatic heterocycles. The van der Waals surface area contributed by atoms with Gasteiger partial charge >= 0.3 is 6.03 Å². The summed E-state index contributed by atoms with van der Waals surface area (Å²) in [6.07, 6.45) is 2.29. The molecule has 1 aliphatic heterocycles. The van der Waals surface area contributed by atoms with Crippen molar-refractivity contribution in [2.45, 2.75) is 13.0 Å². The molecule has 3 amide bonds. The maximum absolute atomic E-state index is 13.0. The Morgan fingerprint density at radius 1 is 1.08 bits per heavy atom. The van der Waals surface area contributed by atoms with Crippen LogP contribution >= 0.6 is 11.3 Å². The summed E-state index contributed by atoms with van der Waals surface area (Å²) in [6.45, 7) is 2.35. The normalized spacial score (nSPS) is 12.0. The van der Waals surface area contributed by atoms with Gasteiger partial charge in [-0.15, -0.1) is 11.3 Å².